The number of hydrogen-bond donors (Lipinski definition) is 3. The molecular weight excluding hydrogens is 330 g/mol. The number of hydrogen-bond acceptors (Lipinski definition) is 8. The zero-order valence-electron chi connectivity index (χ0n) is 13.4. The van der Waals surface area contributed by atoms with Gasteiger partial charge in [-0.1, -0.05) is 0 Å². The highest BCUT2D eigenvalue weighted by atomic mass is 16.6. The number of carbonyl (C=O) groups excluding carboxylic acids is 2. The third kappa shape index (κ3) is 2.52. The summed E-state index contributed by atoms with van der Waals surface area (Å²) in [5, 5.41) is 5.18. The number of nitrogen functional groups attached to an aromatic ring is 1. The fraction of sp³-hybridized carbons (Fsp3) is 0.500. The van der Waals surface area contributed by atoms with Crippen LogP contribution in [0, 0.1) is 5.92 Å². The maximum Gasteiger partial charge on any atom is 0.314 e. The van der Waals surface area contributed by atoms with E-state index in [0.717, 1.165) is 0 Å². The fourth-order valence-electron chi connectivity index (χ4n) is 3.33. The first-order chi connectivity index (χ1) is 12.1. The Bertz CT molecular complexity index is 838. The summed E-state index contributed by atoms with van der Waals surface area (Å²) in [6.07, 6.45) is 1.69. The molecule has 132 valence electrons. The van der Waals surface area contributed by atoms with Crippen LogP contribution >= 0.6 is 0 Å². The molecular formula is C14H17N7O4. The molecule has 2 aliphatic heterocycles. The summed E-state index contributed by atoms with van der Waals surface area (Å²) >= 11 is 0. The zero-order chi connectivity index (χ0) is 17.6. The van der Waals surface area contributed by atoms with Crippen molar-refractivity contribution in [3.8, 4) is 0 Å². The molecule has 11 nitrogen and oxygen atoms in total. The number of nitrogens with one attached hydrogen (secondary N) is 2. The van der Waals surface area contributed by atoms with Crippen molar-refractivity contribution >= 4 is 29.0 Å². The Labute approximate surface area is 141 Å². The highest BCUT2D eigenvalue weighted by Crippen LogP contribution is 2.43. The normalized spacial score (nSPS) is 28.0. The number of nitrogens with two attached hydrogens (primary N) is 1. The number of carbonyl (C=O) groups is 2. The quantitative estimate of drug-likeness (QED) is 0.610. The summed E-state index contributed by atoms with van der Waals surface area (Å²) in [5.41, 5.74) is 6.77. The minimum atomic E-state index is -0.591. The summed E-state index contributed by atoms with van der Waals surface area (Å²) in [6, 6.07) is -0.317. The Morgan fingerprint density at radius 3 is 3.08 bits per heavy atom. The van der Waals surface area contributed by atoms with Crippen LogP contribution in [-0.2, 0) is 14.3 Å². The second-order valence-corrected chi connectivity index (χ2v) is 5.93. The summed E-state index contributed by atoms with van der Waals surface area (Å²) in [6.45, 7) is 0.262. The predicted octanol–water partition coefficient (Wildman–Crippen LogP) is -0.833. The Morgan fingerprint density at radius 1 is 1.44 bits per heavy atom. The first-order valence-corrected chi connectivity index (χ1v) is 7.82. The van der Waals surface area contributed by atoms with E-state index in [1.165, 1.54) is 19.7 Å². The Balaban J connectivity index is 1.64. The van der Waals surface area contributed by atoms with Crippen LogP contribution in [0.4, 0.5) is 10.6 Å². The van der Waals surface area contributed by atoms with Crippen LogP contribution in [0.25, 0.3) is 11.2 Å². The lowest BCUT2D eigenvalue weighted by Gasteiger charge is -2.19. The average molecular weight is 347 g/mol. The zero-order valence-corrected chi connectivity index (χ0v) is 13.4. The van der Waals surface area contributed by atoms with Gasteiger partial charge in [0.15, 0.2) is 23.8 Å². The van der Waals surface area contributed by atoms with Gasteiger partial charge in [-0.25, -0.2) is 19.7 Å². The van der Waals surface area contributed by atoms with E-state index >= 15 is 0 Å². The molecule has 2 saturated heterocycles. The number of ether oxygens (including phenoxy) is 2. The van der Waals surface area contributed by atoms with Gasteiger partial charge in [0, 0.05) is 19.5 Å². The molecule has 2 fully saturated rings. The van der Waals surface area contributed by atoms with E-state index in [0.29, 0.717) is 11.2 Å². The minimum Gasteiger partial charge on any atom is -0.457 e. The van der Waals surface area contributed by atoms with Crippen LogP contribution in [0.3, 0.4) is 0 Å². The van der Waals surface area contributed by atoms with E-state index in [2.05, 4.69) is 25.6 Å². The van der Waals surface area contributed by atoms with Gasteiger partial charge >= 0.3 is 12.0 Å². The molecule has 2 aliphatic rings. The van der Waals surface area contributed by atoms with E-state index in [1.807, 2.05) is 0 Å². The van der Waals surface area contributed by atoms with Crippen molar-refractivity contribution < 1.29 is 19.1 Å². The molecule has 0 bridgehead atoms. The topological polar surface area (TPSA) is 146 Å². The van der Waals surface area contributed by atoms with Crippen molar-refractivity contribution in [3.63, 3.8) is 0 Å². The van der Waals surface area contributed by atoms with Gasteiger partial charge in [-0.15, -0.1) is 0 Å². The molecule has 4 atom stereocenters. The molecule has 11 heteroatoms. The number of anilines is 1. The van der Waals surface area contributed by atoms with E-state index < -0.39 is 12.3 Å². The molecule has 4 heterocycles. The summed E-state index contributed by atoms with van der Waals surface area (Å²) in [5.74, 6) is -0.183. The lowest BCUT2D eigenvalue weighted by molar-refractivity contribution is -0.148. The molecule has 0 aliphatic carbocycles. The fourth-order valence-corrected chi connectivity index (χ4v) is 3.33. The number of nitrogens with zero attached hydrogens (tertiary/aromatic N) is 4. The molecule has 0 aromatic carbocycles. The highest BCUT2D eigenvalue weighted by Gasteiger charge is 2.53. The number of esters is 1. The first-order valence-electron chi connectivity index (χ1n) is 7.82. The van der Waals surface area contributed by atoms with Crippen molar-refractivity contribution in [1.82, 2.24) is 30.2 Å². The smallest absolute Gasteiger partial charge is 0.314 e. The second-order valence-electron chi connectivity index (χ2n) is 5.93. The van der Waals surface area contributed by atoms with Gasteiger partial charge < -0.3 is 25.8 Å². The summed E-state index contributed by atoms with van der Waals surface area (Å²) < 4.78 is 13.2. The van der Waals surface area contributed by atoms with Crippen molar-refractivity contribution in [1.29, 1.82) is 0 Å². The SMILES string of the molecule is CNC(=O)NC[C@H]1O[C@@H](n2cnc3c(N)ncnc32)[C@@H]2OC(=O)C[C@@H]21. The molecule has 0 radical (unpaired) electrons. The molecule has 4 rings (SSSR count). The van der Waals surface area contributed by atoms with E-state index in [1.54, 1.807) is 4.57 Å². The molecule has 2 aromatic rings. The number of imidazole rings is 1. The van der Waals surface area contributed by atoms with Crippen LogP contribution in [0.5, 0.6) is 0 Å². The van der Waals surface area contributed by atoms with Gasteiger partial charge in [0.25, 0.3) is 0 Å². The second kappa shape index (κ2) is 5.84. The molecule has 25 heavy (non-hydrogen) atoms. The molecule has 2 aromatic heterocycles. The van der Waals surface area contributed by atoms with Crippen LogP contribution in [-0.4, -0.2) is 57.3 Å². The van der Waals surface area contributed by atoms with Gasteiger partial charge in [0.1, 0.15) is 11.8 Å². The Kier molecular flexibility index (Phi) is 3.64. The van der Waals surface area contributed by atoms with Gasteiger partial charge in [-0.2, -0.15) is 0 Å². The third-order valence-corrected chi connectivity index (χ3v) is 4.52. The van der Waals surface area contributed by atoms with Crippen molar-refractivity contribution in [2.45, 2.75) is 24.9 Å². The number of rotatable bonds is 3. The first kappa shape index (κ1) is 15.6. The molecule has 0 unspecified atom stereocenters. The lowest BCUT2D eigenvalue weighted by atomic mass is 9.97. The predicted molar refractivity (Wildman–Crippen MR) is 84.1 cm³/mol. The largest absolute Gasteiger partial charge is 0.457 e. The maximum absolute atomic E-state index is 11.8. The Morgan fingerprint density at radius 2 is 2.28 bits per heavy atom. The highest BCUT2D eigenvalue weighted by molar-refractivity contribution is 5.81. The standard InChI is InChI=1S/C14H17N7O4/c1-16-14(23)17-3-7-6-2-8(22)25-10(6)13(24-7)21-5-20-9-11(15)18-4-19-12(9)21/h4-7,10,13H,2-3H2,1H3,(H2,15,18,19)(H2,16,17,23)/t6-,7-,10-,13-/m1/s1. The summed E-state index contributed by atoms with van der Waals surface area (Å²) in [7, 11) is 1.53. The number of fused-ring (bicyclic) bond motifs is 2. The van der Waals surface area contributed by atoms with Crippen LogP contribution < -0.4 is 16.4 Å². The van der Waals surface area contributed by atoms with E-state index in [4.69, 9.17) is 15.2 Å². The minimum absolute atomic E-state index is 0.161. The molecule has 2 amide bonds. The average Bonchev–Trinajstić information content (AvgIpc) is 3.26. The van der Waals surface area contributed by atoms with Crippen molar-refractivity contribution in [2.75, 3.05) is 19.3 Å². The van der Waals surface area contributed by atoms with Crippen LogP contribution in [0.1, 0.15) is 12.6 Å². The molecule has 0 spiro atoms. The van der Waals surface area contributed by atoms with Gasteiger partial charge in [0.2, 0.25) is 0 Å². The Hall–Kier alpha value is -2.95. The van der Waals surface area contributed by atoms with Gasteiger partial charge in [0.05, 0.1) is 18.9 Å². The van der Waals surface area contributed by atoms with E-state index in [9.17, 15) is 9.59 Å². The van der Waals surface area contributed by atoms with Crippen LogP contribution in [0.15, 0.2) is 12.7 Å². The number of aromatic nitrogens is 4. The summed E-state index contributed by atoms with van der Waals surface area (Å²) in [4.78, 5) is 35.5. The molecule has 0 saturated carbocycles. The lowest BCUT2D eigenvalue weighted by Crippen LogP contribution is -2.40. The number of urea groups is 1. The maximum atomic E-state index is 11.8. The number of amides is 2. The van der Waals surface area contributed by atoms with Crippen molar-refractivity contribution in [2.24, 2.45) is 5.92 Å². The van der Waals surface area contributed by atoms with Crippen LogP contribution in [0.2, 0.25) is 0 Å². The van der Waals surface area contributed by atoms with E-state index in [-0.39, 0.29) is 42.8 Å². The molecule has 4 N–H and O–H groups in total. The van der Waals surface area contributed by atoms with Gasteiger partial charge in [-0.3, -0.25) is 9.36 Å². The third-order valence-electron chi connectivity index (χ3n) is 4.52. The van der Waals surface area contributed by atoms with Crippen molar-refractivity contribution in [3.05, 3.63) is 12.7 Å². The monoisotopic (exact) mass is 347 g/mol. The van der Waals surface area contributed by atoms with Gasteiger partial charge in [-0.05, 0) is 0 Å².